The molecule has 0 bridgehead atoms. The van der Waals surface area contributed by atoms with Gasteiger partial charge < -0.3 is 4.74 Å². The van der Waals surface area contributed by atoms with Crippen LogP contribution in [0.25, 0.3) is 0 Å². The predicted molar refractivity (Wildman–Crippen MR) is 120 cm³/mol. The Morgan fingerprint density at radius 2 is 1.50 bits per heavy atom. The second-order valence-electron chi connectivity index (χ2n) is 7.24. The van der Waals surface area contributed by atoms with Crippen molar-refractivity contribution in [3.05, 3.63) is 110 Å². The number of carbonyl (C=O) groups is 4. The van der Waals surface area contributed by atoms with E-state index in [0.717, 1.165) is 11.0 Å². The maximum absolute atomic E-state index is 13.0. The van der Waals surface area contributed by atoms with Gasteiger partial charge in [0, 0.05) is 17.2 Å². The highest BCUT2D eigenvalue weighted by atomic mass is 35.5. The van der Waals surface area contributed by atoms with Crippen molar-refractivity contribution in [2.45, 2.75) is 0 Å². The van der Waals surface area contributed by atoms with E-state index in [-0.39, 0.29) is 46.0 Å². The molecule has 0 saturated carbocycles. The van der Waals surface area contributed by atoms with Crippen molar-refractivity contribution in [3.8, 4) is 0 Å². The van der Waals surface area contributed by atoms with E-state index in [1.807, 2.05) is 0 Å². The number of hydrogen-bond acceptors (Lipinski definition) is 7. The molecule has 1 aliphatic heterocycles. The number of nitro benzene ring substituents is 1. The van der Waals surface area contributed by atoms with Crippen LogP contribution in [0.2, 0.25) is 5.02 Å². The predicted octanol–water partition coefficient (Wildman–Crippen LogP) is 3.93. The molecule has 34 heavy (non-hydrogen) atoms. The molecular weight excluding hydrogens is 464 g/mol. The summed E-state index contributed by atoms with van der Waals surface area (Å²) in [5, 5.41) is 11.0. The minimum Gasteiger partial charge on any atom is -0.460 e. The molecule has 3 aromatic rings. The fourth-order valence-corrected chi connectivity index (χ4v) is 3.74. The number of carbonyl (C=O) groups excluding carboxylic acids is 4. The average Bonchev–Trinajstić information content (AvgIpc) is 3.08. The minimum atomic E-state index is -0.843. The smallest absolute Gasteiger partial charge is 0.338 e. The molecule has 0 unspecified atom stereocenters. The zero-order chi connectivity index (χ0) is 24.4. The highest BCUT2D eigenvalue weighted by Crippen LogP contribution is 2.27. The van der Waals surface area contributed by atoms with Crippen molar-refractivity contribution in [1.29, 1.82) is 0 Å². The van der Waals surface area contributed by atoms with Gasteiger partial charge in [0.1, 0.15) is 11.6 Å². The summed E-state index contributed by atoms with van der Waals surface area (Å²) in [5.74, 6) is -2.43. The van der Waals surface area contributed by atoms with Crippen LogP contribution in [0.5, 0.6) is 0 Å². The molecule has 0 spiro atoms. The van der Waals surface area contributed by atoms with Gasteiger partial charge in [0.05, 0.1) is 28.2 Å². The van der Waals surface area contributed by atoms with Crippen LogP contribution in [0.4, 0.5) is 5.69 Å². The number of ketones is 1. The summed E-state index contributed by atoms with van der Waals surface area (Å²) < 4.78 is 5.23. The number of amides is 2. The van der Waals surface area contributed by atoms with Crippen molar-refractivity contribution >= 4 is 40.9 Å². The van der Waals surface area contributed by atoms with Crippen molar-refractivity contribution < 1.29 is 28.8 Å². The van der Waals surface area contributed by atoms with Crippen LogP contribution >= 0.6 is 11.6 Å². The molecule has 0 fully saturated rings. The molecular formula is C24H15ClN2O7. The number of rotatable bonds is 7. The number of fused-ring (bicyclic) bond motifs is 1. The standard InChI is InChI=1S/C24H15ClN2O7/c25-19-10-9-14(13-20(19)27(32)33)21(28)15-5-1-4-8-18(15)24(31)34-12-11-26-22(29)16-6-2-3-7-17(16)23(26)30/h1-10,13H,11-12H2. The second-order valence-corrected chi connectivity index (χ2v) is 7.65. The Morgan fingerprint density at radius 3 is 2.12 bits per heavy atom. The Hall–Kier alpha value is -4.37. The molecule has 0 N–H and O–H groups in total. The van der Waals surface area contributed by atoms with Crippen LogP contribution in [0.3, 0.4) is 0 Å². The first-order chi connectivity index (χ1) is 16.3. The lowest BCUT2D eigenvalue weighted by Crippen LogP contribution is -2.33. The fraction of sp³-hybridized carbons (Fsp3) is 0.0833. The van der Waals surface area contributed by atoms with Crippen LogP contribution < -0.4 is 0 Å². The van der Waals surface area contributed by atoms with Gasteiger partial charge in [-0.15, -0.1) is 0 Å². The number of halogens is 1. The SMILES string of the molecule is O=C(OCCN1C(=O)c2ccccc2C1=O)c1ccccc1C(=O)c1ccc(Cl)c([N+](=O)[O-])c1. The number of hydrogen-bond donors (Lipinski definition) is 0. The maximum atomic E-state index is 13.0. The molecule has 1 heterocycles. The van der Waals surface area contributed by atoms with Gasteiger partial charge in [0.25, 0.3) is 17.5 Å². The molecule has 0 atom stereocenters. The van der Waals surface area contributed by atoms with Gasteiger partial charge in [-0.1, -0.05) is 41.9 Å². The Labute approximate surface area is 197 Å². The monoisotopic (exact) mass is 478 g/mol. The Kier molecular flexibility index (Phi) is 6.20. The van der Waals surface area contributed by atoms with E-state index in [1.54, 1.807) is 24.3 Å². The van der Waals surface area contributed by atoms with Crippen molar-refractivity contribution in [2.24, 2.45) is 0 Å². The van der Waals surface area contributed by atoms with E-state index in [0.29, 0.717) is 0 Å². The largest absolute Gasteiger partial charge is 0.460 e. The summed E-state index contributed by atoms with van der Waals surface area (Å²) in [6.07, 6.45) is 0. The van der Waals surface area contributed by atoms with E-state index >= 15 is 0 Å². The Morgan fingerprint density at radius 1 is 0.912 bits per heavy atom. The average molecular weight is 479 g/mol. The topological polar surface area (TPSA) is 124 Å². The first-order valence-corrected chi connectivity index (χ1v) is 10.4. The lowest BCUT2D eigenvalue weighted by Gasteiger charge is -2.14. The molecule has 170 valence electrons. The van der Waals surface area contributed by atoms with Crippen molar-refractivity contribution in [2.75, 3.05) is 13.2 Å². The van der Waals surface area contributed by atoms with Crippen molar-refractivity contribution in [1.82, 2.24) is 4.90 Å². The summed E-state index contributed by atoms with van der Waals surface area (Å²) in [6.45, 7) is -0.434. The molecule has 0 saturated heterocycles. The zero-order valence-electron chi connectivity index (χ0n) is 17.4. The summed E-state index contributed by atoms with van der Waals surface area (Å²) >= 11 is 5.81. The third-order valence-electron chi connectivity index (χ3n) is 5.22. The molecule has 9 nitrogen and oxygen atoms in total. The molecule has 10 heteroatoms. The lowest BCUT2D eigenvalue weighted by molar-refractivity contribution is -0.384. The van der Waals surface area contributed by atoms with Gasteiger partial charge in [0.15, 0.2) is 5.78 Å². The number of nitrogens with zero attached hydrogens (tertiary/aromatic N) is 2. The number of nitro groups is 1. The van der Waals surface area contributed by atoms with Crippen LogP contribution in [0, 0.1) is 10.1 Å². The van der Waals surface area contributed by atoms with Crippen LogP contribution in [-0.2, 0) is 4.74 Å². The van der Waals surface area contributed by atoms with E-state index < -0.39 is 34.2 Å². The Balaban J connectivity index is 1.48. The maximum Gasteiger partial charge on any atom is 0.338 e. The molecule has 2 amide bonds. The van der Waals surface area contributed by atoms with Gasteiger partial charge >= 0.3 is 5.97 Å². The van der Waals surface area contributed by atoms with E-state index in [2.05, 4.69) is 0 Å². The van der Waals surface area contributed by atoms with Crippen LogP contribution in [-0.4, -0.2) is 46.5 Å². The highest BCUT2D eigenvalue weighted by molar-refractivity contribution is 6.33. The van der Waals surface area contributed by atoms with Crippen LogP contribution in [0.1, 0.15) is 47.0 Å². The van der Waals surface area contributed by atoms with Gasteiger partial charge in [-0.05, 0) is 30.3 Å². The fourth-order valence-electron chi connectivity index (χ4n) is 3.56. The summed E-state index contributed by atoms with van der Waals surface area (Å²) in [7, 11) is 0. The first-order valence-electron chi connectivity index (χ1n) is 9.99. The molecule has 0 aliphatic carbocycles. The molecule has 0 radical (unpaired) electrons. The van der Waals surface area contributed by atoms with Gasteiger partial charge in [-0.3, -0.25) is 29.4 Å². The third kappa shape index (κ3) is 4.16. The van der Waals surface area contributed by atoms with Gasteiger partial charge in [-0.2, -0.15) is 0 Å². The zero-order valence-corrected chi connectivity index (χ0v) is 18.2. The lowest BCUT2D eigenvalue weighted by atomic mass is 9.98. The van der Waals surface area contributed by atoms with Gasteiger partial charge in [-0.25, -0.2) is 4.79 Å². The molecule has 0 aromatic heterocycles. The number of esters is 1. The summed E-state index contributed by atoms with van der Waals surface area (Å²) in [5.41, 5.74) is 0.0202. The number of ether oxygens (including phenoxy) is 1. The summed E-state index contributed by atoms with van der Waals surface area (Å²) in [4.78, 5) is 61.9. The third-order valence-corrected chi connectivity index (χ3v) is 5.54. The minimum absolute atomic E-state index is 0.0233. The second kappa shape index (κ2) is 9.24. The normalized spacial score (nSPS) is 12.4. The van der Waals surface area contributed by atoms with E-state index in [4.69, 9.17) is 16.3 Å². The van der Waals surface area contributed by atoms with Crippen LogP contribution in [0.15, 0.2) is 66.7 Å². The molecule has 3 aromatic carbocycles. The quantitative estimate of drug-likeness (QED) is 0.166. The molecule has 4 rings (SSSR count). The van der Waals surface area contributed by atoms with E-state index in [9.17, 15) is 29.3 Å². The first kappa shape index (κ1) is 22.8. The number of benzene rings is 3. The summed E-state index contributed by atoms with van der Waals surface area (Å²) in [6, 6.07) is 15.8. The number of imide groups is 1. The van der Waals surface area contributed by atoms with E-state index in [1.165, 1.54) is 36.4 Å². The van der Waals surface area contributed by atoms with Gasteiger partial charge in [0.2, 0.25) is 0 Å². The Bertz CT molecular complexity index is 1330. The highest BCUT2D eigenvalue weighted by Gasteiger charge is 2.35. The molecule has 1 aliphatic rings. The van der Waals surface area contributed by atoms with Crippen molar-refractivity contribution in [3.63, 3.8) is 0 Å².